The summed E-state index contributed by atoms with van der Waals surface area (Å²) in [4.78, 5) is 12.1. The number of benzene rings is 1. The van der Waals surface area contributed by atoms with E-state index in [9.17, 15) is 4.79 Å². The fourth-order valence-electron chi connectivity index (χ4n) is 1.22. The van der Waals surface area contributed by atoms with E-state index < -0.39 is 5.97 Å². The minimum atomic E-state index is -0.915. The van der Waals surface area contributed by atoms with Crippen LogP contribution in [-0.4, -0.2) is 29.6 Å². The number of carboxylic acid groups (broad SMARTS) is 1. The lowest BCUT2D eigenvalue weighted by atomic mass is 10.1. The number of nitrogens with zero attached hydrogens (tertiary/aromatic N) is 1. The zero-order valence-electron chi connectivity index (χ0n) is 8.76. The van der Waals surface area contributed by atoms with E-state index in [1.54, 1.807) is 6.20 Å². The molecule has 1 aromatic rings. The number of rotatable bonds is 5. The third-order valence-corrected chi connectivity index (χ3v) is 2.07. The maximum Gasteiger partial charge on any atom is 0.329 e. The number of carbonyl (C=O) groups is 1. The quantitative estimate of drug-likeness (QED) is 0.745. The first-order valence-corrected chi connectivity index (χ1v) is 4.84. The Morgan fingerprint density at radius 3 is 2.67 bits per heavy atom. The van der Waals surface area contributed by atoms with Crippen molar-refractivity contribution >= 4 is 5.97 Å². The molecule has 1 rings (SSSR count). The van der Waals surface area contributed by atoms with Crippen LogP contribution in [0.15, 0.2) is 42.6 Å². The van der Waals surface area contributed by atoms with Gasteiger partial charge in [0.15, 0.2) is 0 Å². The Balaban J connectivity index is 2.34. The molecule has 0 heterocycles. The van der Waals surface area contributed by atoms with Gasteiger partial charge in [-0.3, -0.25) is 0 Å². The highest BCUT2D eigenvalue weighted by Crippen LogP contribution is 2.00. The van der Waals surface area contributed by atoms with Gasteiger partial charge in [-0.05, 0) is 12.0 Å². The Morgan fingerprint density at radius 1 is 1.40 bits per heavy atom. The largest absolute Gasteiger partial charge is 0.478 e. The highest BCUT2D eigenvalue weighted by atomic mass is 16.4. The molecule has 0 unspecified atom stereocenters. The lowest BCUT2D eigenvalue weighted by Crippen LogP contribution is -2.14. The van der Waals surface area contributed by atoms with Crippen LogP contribution in [0.25, 0.3) is 0 Å². The molecule has 15 heavy (non-hydrogen) atoms. The Kier molecular flexibility index (Phi) is 4.41. The standard InChI is InChI=1S/C12H15NO2/c1-13(10-8-12(14)15)9-7-11-5-3-2-4-6-11/h2-6,8,10H,7,9H2,1H3,(H,14,15). The maximum absolute atomic E-state index is 10.3. The third-order valence-electron chi connectivity index (χ3n) is 2.07. The van der Waals surface area contributed by atoms with E-state index in [1.807, 2.05) is 30.1 Å². The van der Waals surface area contributed by atoms with Crippen molar-refractivity contribution in [3.63, 3.8) is 0 Å². The van der Waals surface area contributed by atoms with Gasteiger partial charge in [0.2, 0.25) is 0 Å². The summed E-state index contributed by atoms with van der Waals surface area (Å²) in [5.41, 5.74) is 1.26. The van der Waals surface area contributed by atoms with Crippen molar-refractivity contribution in [2.24, 2.45) is 0 Å². The fourth-order valence-corrected chi connectivity index (χ4v) is 1.22. The highest BCUT2D eigenvalue weighted by Gasteiger charge is 1.95. The minimum absolute atomic E-state index is 0.813. The molecule has 0 atom stereocenters. The van der Waals surface area contributed by atoms with Crippen LogP contribution in [0.3, 0.4) is 0 Å². The van der Waals surface area contributed by atoms with E-state index >= 15 is 0 Å². The first kappa shape index (κ1) is 11.3. The lowest BCUT2D eigenvalue weighted by Gasteiger charge is -2.12. The Labute approximate surface area is 89.6 Å². The number of hydrogen-bond acceptors (Lipinski definition) is 2. The normalized spacial score (nSPS) is 10.5. The highest BCUT2D eigenvalue weighted by molar-refractivity contribution is 5.79. The Hall–Kier alpha value is -1.77. The summed E-state index contributed by atoms with van der Waals surface area (Å²) >= 11 is 0. The van der Waals surface area contributed by atoms with Crippen LogP contribution in [-0.2, 0) is 11.2 Å². The third kappa shape index (κ3) is 4.86. The lowest BCUT2D eigenvalue weighted by molar-refractivity contribution is -0.131. The smallest absolute Gasteiger partial charge is 0.329 e. The fraction of sp³-hybridized carbons (Fsp3) is 0.250. The number of carboxylic acids is 1. The summed E-state index contributed by atoms with van der Waals surface area (Å²) < 4.78 is 0. The molecule has 0 aliphatic carbocycles. The second kappa shape index (κ2) is 5.86. The van der Waals surface area contributed by atoms with Crippen molar-refractivity contribution < 1.29 is 9.90 Å². The zero-order valence-corrected chi connectivity index (χ0v) is 8.76. The molecule has 1 N–H and O–H groups in total. The van der Waals surface area contributed by atoms with Gasteiger partial charge >= 0.3 is 5.97 Å². The molecule has 80 valence electrons. The average Bonchev–Trinajstić information content (AvgIpc) is 2.25. The van der Waals surface area contributed by atoms with Crippen molar-refractivity contribution in [2.75, 3.05) is 13.6 Å². The van der Waals surface area contributed by atoms with Crippen LogP contribution in [0.2, 0.25) is 0 Å². The molecule has 0 aliphatic heterocycles. The number of hydrogen-bond donors (Lipinski definition) is 1. The summed E-state index contributed by atoms with van der Waals surface area (Å²) in [6.45, 7) is 0.813. The predicted octanol–water partition coefficient (Wildman–Crippen LogP) is 1.76. The molecule has 0 aliphatic rings. The van der Waals surface area contributed by atoms with Gasteiger partial charge in [0.25, 0.3) is 0 Å². The predicted molar refractivity (Wildman–Crippen MR) is 59.6 cm³/mol. The van der Waals surface area contributed by atoms with Crippen molar-refractivity contribution in [3.8, 4) is 0 Å². The molecule has 3 nitrogen and oxygen atoms in total. The van der Waals surface area contributed by atoms with Crippen LogP contribution in [0.5, 0.6) is 0 Å². The molecule has 0 fully saturated rings. The summed E-state index contributed by atoms with van der Waals surface area (Å²) in [5.74, 6) is -0.915. The van der Waals surface area contributed by atoms with Crippen molar-refractivity contribution in [1.29, 1.82) is 0 Å². The average molecular weight is 205 g/mol. The van der Waals surface area contributed by atoms with Gasteiger partial charge in [-0.2, -0.15) is 0 Å². The first-order chi connectivity index (χ1) is 7.18. The maximum atomic E-state index is 10.3. The van der Waals surface area contributed by atoms with E-state index in [2.05, 4.69) is 12.1 Å². The first-order valence-electron chi connectivity index (χ1n) is 4.84. The van der Waals surface area contributed by atoms with E-state index in [0.29, 0.717) is 0 Å². The van der Waals surface area contributed by atoms with Gasteiger partial charge < -0.3 is 10.0 Å². The molecule has 0 amide bonds. The Bertz CT molecular complexity index is 333. The SMILES string of the molecule is CN(C=CC(=O)O)CCc1ccccc1. The van der Waals surface area contributed by atoms with E-state index in [0.717, 1.165) is 19.0 Å². The molecule has 0 saturated heterocycles. The van der Waals surface area contributed by atoms with Gasteiger partial charge in [0.05, 0.1) is 0 Å². The molecular formula is C12H15NO2. The molecule has 0 bridgehead atoms. The van der Waals surface area contributed by atoms with Crippen LogP contribution >= 0.6 is 0 Å². The van der Waals surface area contributed by atoms with E-state index in [-0.39, 0.29) is 0 Å². The van der Waals surface area contributed by atoms with E-state index in [4.69, 9.17) is 5.11 Å². The second-order valence-corrected chi connectivity index (χ2v) is 3.37. The van der Waals surface area contributed by atoms with Gasteiger partial charge in [-0.15, -0.1) is 0 Å². The van der Waals surface area contributed by atoms with Crippen LogP contribution in [0, 0.1) is 0 Å². The molecule has 0 spiro atoms. The van der Waals surface area contributed by atoms with Crippen LogP contribution < -0.4 is 0 Å². The summed E-state index contributed by atoms with van der Waals surface area (Å²) in [5, 5.41) is 8.43. The molecule has 0 radical (unpaired) electrons. The summed E-state index contributed by atoms with van der Waals surface area (Å²) in [6, 6.07) is 10.1. The minimum Gasteiger partial charge on any atom is -0.478 e. The van der Waals surface area contributed by atoms with Crippen LogP contribution in [0.1, 0.15) is 5.56 Å². The summed E-state index contributed by atoms with van der Waals surface area (Å²) in [7, 11) is 1.86. The van der Waals surface area contributed by atoms with Crippen LogP contribution in [0.4, 0.5) is 0 Å². The second-order valence-electron chi connectivity index (χ2n) is 3.37. The van der Waals surface area contributed by atoms with Crippen molar-refractivity contribution in [1.82, 2.24) is 4.90 Å². The topological polar surface area (TPSA) is 40.5 Å². The molecule has 0 aromatic heterocycles. The molecular weight excluding hydrogens is 190 g/mol. The summed E-state index contributed by atoms with van der Waals surface area (Å²) in [6.07, 6.45) is 3.64. The number of aliphatic carboxylic acids is 1. The van der Waals surface area contributed by atoms with E-state index in [1.165, 1.54) is 5.56 Å². The Morgan fingerprint density at radius 2 is 2.07 bits per heavy atom. The molecule has 0 saturated carbocycles. The van der Waals surface area contributed by atoms with Crippen molar-refractivity contribution in [3.05, 3.63) is 48.2 Å². The van der Waals surface area contributed by atoms with Crippen molar-refractivity contribution in [2.45, 2.75) is 6.42 Å². The van der Waals surface area contributed by atoms with Gasteiger partial charge in [0, 0.05) is 25.9 Å². The zero-order chi connectivity index (χ0) is 11.1. The molecule has 1 aromatic carbocycles. The van der Waals surface area contributed by atoms with Gasteiger partial charge in [0.1, 0.15) is 0 Å². The number of likely N-dealkylation sites (N-methyl/N-ethyl adjacent to an activating group) is 1. The van der Waals surface area contributed by atoms with Gasteiger partial charge in [-0.25, -0.2) is 4.79 Å². The molecule has 3 heteroatoms. The monoisotopic (exact) mass is 205 g/mol. The van der Waals surface area contributed by atoms with Gasteiger partial charge in [-0.1, -0.05) is 30.3 Å².